The van der Waals surface area contributed by atoms with Crippen molar-refractivity contribution in [2.24, 2.45) is 0 Å². The molecule has 0 spiro atoms. The molecule has 4 nitrogen and oxygen atoms in total. The molecule has 0 aliphatic rings. The third kappa shape index (κ3) is 6.66. The van der Waals surface area contributed by atoms with E-state index < -0.39 is 41.1 Å². The quantitative estimate of drug-likeness (QED) is 0.0652. The number of esters is 1. The van der Waals surface area contributed by atoms with E-state index >= 15 is 0 Å². The molecule has 0 radical (unpaired) electrons. The summed E-state index contributed by atoms with van der Waals surface area (Å²) in [5.74, 6) is -6.57. The highest BCUT2D eigenvalue weighted by Gasteiger charge is 2.20. The molecule has 0 heterocycles. The number of benzene rings is 4. The third-order valence-electron chi connectivity index (χ3n) is 6.48. The van der Waals surface area contributed by atoms with Gasteiger partial charge in [-0.15, -0.1) is 6.58 Å². The normalized spacial score (nSPS) is 11.7. The number of carbonyl (C=O) groups excluding carboxylic acids is 1. The first-order chi connectivity index (χ1) is 19.7. The Morgan fingerprint density at radius 3 is 1.90 bits per heavy atom. The maximum atomic E-state index is 14.9. The van der Waals surface area contributed by atoms with Crippen molar-refractivity contribution in [1.82, 2.24) is 0 Å². The van der Waals surface area contributed by atoms with E-state index in [2.05, 4.69) is 6.58 Å². The van der Waals surface area contributed by atoms with Crippen LogP contribution >= 0.6 is 0 Å². The van der Waals surface area contributed by atoms with Crippen LogP contribution in [0.5, 0.6) is 11.5 Å². The van der Waals surface area contributed by atoms with Crippen molar-refractivity contribution in [3.05, 3.63) is 120 Å². The zero-order chi connectivity index (χ0) is 29.5. The van der Waals surface area contributed by atoms with Crippen LogP contribution < -0.4 is 9.47 Å². The molecule has 212 valence electrons. The van der Waals surface area contributed by atoms with Gasteiger partial charge in [0.05, 0.1) is 18.3 Å². The van der Waals surface area contributed by atoms with Gasteiger partial charge in [0.25, 0.3) is 0 Å². The molecule has 1 atom stereocenters. The molecule has 0 aliphatic carbocycles. The van der Waals surface area contributed by atoms with E-state index in [9.17, 15) is 27.5 Å². The predicted octanol–water partition coefficient (Wildman–Crippen LogP) is 8.58. The number of ether oxygens (including phenoxy) is 2. The van der Waals surface area contributed by atoms with Gasteiger partial charge in [0.15, 0.2) is 23.1 Å². The maximum absolute atomic E-state index is 14.9. The minimum atomic E-state index is -1.34. The van der Waals surface area contributed by atoms with Gasteiger partial charge in [-0.25, -0.2) is 13.6 Å². The van der Waals surface area contributed by atoms with E-state index in [0.29, 0.717) is 24.0 Å². The van der Waals surface area contributed by atoms with E-state index in [4.69, 9.17) is 9.47 Å². The average molecular weight is 565 g/mol. The number of aliphatic hydroxyl groups is 1. The van der Waals surface area contributed by atoms with Crippen molar-refractivity contribution >= 4 is 5.97 Å². The number of carbonyl (C=O) groups is 1. The number of rotatable bonds is 11. The van der Waals surface area contributed by atoms with E-state index in [0.717, 1.165) is 12.5 Å². The van der Waals surface area contributed by atoms with Crippen molar-refractivity contribution < 1.29 is 36.9 Å². The lowest BCUT2D eigenvalue weighted by Crippen LogP contribution is -2.10. The largest absolute Gasteiger partial charge is 0.490 e. The third-order valence-corrected chi connectivity index (χ3v) is 6.48. The topological polar surface area (TPSA) is 55.8 Å². The fraction of sp³-hybridized carbons (Fsp3) is 0.182. The fourth-order valence-electron chi connectivity index (χ4n) is 4.22. The van der Waals surface area contributed by atoms with Crippen LogP contribution in [0.2, 0.25) is 0 Å². The lowest BCUT2D eigenvalue weighted by molar-refractivity contribution is 0.0726. The molecule has 0 aliphatic heterocycles. The Bertz CT molecular complexity index is 1530. The second-order valence-electron chi connectivity index (χ2n) is 9.30. The van der Waals surface area contributed by atoms with Gasteiger partial charge < -0.3 is 14.6 Å². The van der Waals surface area contributed by atoms with Gasteiger partial charge in [-0.05, 0) is 65.9 Å². The lowest BCUT2D eigenvalue weighted by Gasteiger charge is -2.12. The number of halogens is 4. The molecular weight excluding hydrogens is 536 g/mol. The van der Waals surface area contributed by atoms with Crippen LogP contribution in [-0.4, -0.2) is 17.7 Å². The Labute approximate surface area is 235 Å². The van der Waals surface area contributed by atoms with Gasteiger partial charge in [-0.2, -0.15) is 8.78 Å². The summed E-state index contributed by atoms with van der Waals surface area (Å²) < 4.78 is 69.2. The van der Waals surface area contributed by atoms with Crippen molar-refractivity contribution in [3.63, 3.8) is 0 Å². The molecule has 1 unspecified atom stereocenters. The molecule has 8 heteroatoms. The first kappa shape index (κ1) is 29.6. The first-order valence-corrected chi connectivity index (χ1v) is 13.1. The monoisotopic (exact) mass is 564 g/mol. The standard InChI is InChI=1S/C33H28F4O4/c1-3-5-19-40-27-17-15-24(29(34)31(27)36)21-9-13-23(14-10-21)33(39)41-28-18-16-25(30(35)32(28)37)20-7-11-22(12-8-20)26(38)6-4-2/h3,7-18,26,38H,1,4-6,19H2,2H3. The highest BCUT2D eigenvalue weighted by molar-refractivity contribution is 5.91. The summed E-state index contributed by atoms with van der Waals surface area (Å²) in [7, 11) is 0. The van der Waals surface area contributed by atoms with Crippen LogP contribution in [0.25, 0.3) is 22.3 Å². The van der Waals surface area contributed by atoms with Crippen LogP contribution in [-0.2, 0) is 0 Å². The minimum Gasteiger partial charge on any atom is -0.490 e. The second-order valence-corrected chi connectivity index (χ2v) is 9.30. The van der Waals surface area contributed by atoms with E-state index in [-0.39, 0.29) is 34.6 Å². The van der Waals surface area contributed by atoms with E-state index in [1.165, 1.54) is 42.5 Å². The van der Waals surface area contributed by atoms with Gasteiger partial charge in [-0.3, -0.25) is 0 Å². The summed E-state index contributed by atoms with van der Waals surface area (Å²) in [5.41, 5.74) is 1.26. The average Bonchev–Trinajstić information content (AvgIpc) is 2.98. The Balaban J connectivity index is 1.48. The summed E-state index contributed by atoms with van der Waals surface area (Å²) in [6.07, 6.45) is 2.81. The molecular formula is C33H28F4O4. The molecule has 4 aromatic rings. The number of aliphatic hydroxyl groups excluding tert-OH is 1. The number of hydrogen-bond acceptors (Lipinski definition) is 4. The van der Waals surface area contributed by atoms with Gasteiger partial charge in [-0.1, -0.05) is 55.8 Å². The van der Waals surface area contributed by atoms with Gasteiger partial charge >= 0.3 is 5.97 Å². The van der Waals surface area contributed by atoms with Crippen molar-refractivity contribution in [2.45, 2.75) is 32.3 Å². The summed E-state index contributed by atoms with van der Waals surface area (Å²) in [6, 6.07) is 17.0. The van der Waals surface area contributed by atoms with Gasteiger partial charge in [0, 0.05) is 11.1 Å². The molecule has 4 aromatic carbocycles. The Morgan fingerprint density at radius 1 is 0.805 bits per heavy atom. The highest BCUT2D eigenvalue weighted by atomic mass is 19.2. The minimum absolute atomic E-state index is 0.0101. The zero-order valence-corrected chi connectivity index (χ0v) is 22.3. The number of hydrogen-bond donors (Lipinski definition) is 1. The molecule has 41 heavy (non-hydrogen) atoms. The van der Waals surface area contributed by atoms with E-state index in [1.54, 1.807) is 30.3 Å². The zero-order valence-electron chi connectivity index (χ0n) is 22.3. The van der Waals surface area contributed by atoms with Gasteiger partial charge in [0.1, 0.15) is 0 Å². The second kappa shape index (κ2) is 13.3. The lowest BCUT2D eigenvalue weighted by atomic mass is 9.99. The summed E-state index contributed by atoms with van der Waals surface area (Å²) in [6.45, 7) is 5.64. The van der Waals surface area contributed by atoms with Crippen LogP contribution in [0.1, 0.15) is 48.2 Å². The molecule has 0 saturated heterocycles. The SMILES string of the molecule is C=CCCOc1ccc(-c2ccc(C(=O)Oc3ccc(-c4ccc(C(O)CCC)cc4)c(F)c3F)cc2)c(F)c1F. The molecule has 1 N–H and O–H groups in total. The van der Waals surface area contributed by atoms with Crippen molar-refractivity contribution in [1.29, 1.82) is 0 Å². The molecule has 0 fully saturated rings. The van der Waals surface area contributed by atoms with Crippen LogP contribution in [0.3, 0.4) is 0 Å². The van der Waals surface area contributed by atoms with Crippen molar-refractivity contribution in [2.75, 3.05) is 6.61 Å². The Kier molecular flexibility index (Phi) is 9.57. The first-order valence-electron chi connectivity index (χ1n) is 13.1. The van der Waals surface area contributed by atoms with Crippen molar-refractivity contribution in [3.8, 4) is 33.8 Å². The van der Waals surface area contributed by atoms with E-state index in [1.807, 2.05) is 6.92 Å². The van der Waals surface area contributed by atoms with Gasteiger partial charge in [0.2, 0.25) is 11.6 Å². The fourth-order valence-corrected chi connectivity index (χ4v) is 4.22. The van der Waals surface area contributed by atoms with Crippen LogP contribution in [0.15, 0.2) is 85.5 Å². The molecule has 0 amide bonds. The summed E-state index contributed by atoms with van der Waals surface area (Å²) >= 11 is 0. The molecule has 0 bridgehead atoms. The predicted molar refractivity (Wildman–Crippen MR) is 149 cm³/mol. The maximum Gasteiger partial charge on any atom is 0.343 e. The smallest absolute Gasteiger partial charge is 0.343 e. The van der Waals surface area contributed by atoms with Crippen LogP contribution in [0.4, 0.5) is 17.6 Å². The molecule has 0 saturated carbocycles. The highest BCUT2D eigenvalue weighted by Crippen LogP contribution is 2.33. The Hall–Kier alpha value is -4.43. The molecule has 4 rings (SSSR count). The van der Waals surface area contributed by atoms with Crippen LogP contribution in [0, 0.1) is 23.3 Å². The summed E-state index contributed by atoms with van der Waals surface area (Å²) in [5, 5.41) is 10.1. The molecule has 0 aromatic heterocycles. The Morgan fingerprint density at radius 2 is 1.34 bits per heavy atom. The summed E-state index contributed by atoms with van der Waals surface area (Å²) in [4.78, 5) is 12.6.